The number of nitrogens with one attached hydrogen (secondary N) is 1. The summed E-state index contributed by atoms with van der Waals surface area (Å²) in [5, 5.41) is 3.55. The molecule has 0 aliphatic heterocycles. The fourth-order valence-corrected chi connectivity index (χ4v) is 1.55. The van der Waals surface area contributed by atoms with Crippen molar-refractivity contribution < 1.29 is 4.79 Å². The molecule has 1 amide bonds. The molecule has 16 heavy (non-hydrogen) atoms. The number of amides is 1. The third-order valence-electron chi connectivity index (χ3n) is 2.02. The highest BCUT2D eigenvalue weighted by Gasteiger charge is 1.97. The lowest BCUT2D eigenvalue weighted by atomic mass is 10.1. The Kier molecular flexibility index (Phi) is 5.06. The predicted molar refractivity (Wildman–Crippen MR) is 67.6 cm³/mol. The fraction of sp³-hybridized carbons (Fsp3) is 0.308. The van der Waals surface area contributed by atoms with Crippen LogP contribution in [0.25, 0.3) is 0 Å². The largest absolute Gasteiger partial charge is 0.352 e. The van der Waals surface area contributed by atoms with E-state index in [-0.39, 0.29) is 5.91 Å². The topological polar surface area (TPSA) is 29.1 Å². The highest BCUT2D eigenvalue weighted by Crippen LogP contribution is 2.10. The van der Waals surface area contributed by atoms with Crippen LogP contribution in [0.15, 0.2) is 35.9 Å². The van der Waals surface area contributed by atoms with Crippen molar-refractivity contribution in [3.05, 3.63) is 46.5 Å². The van der Waals surface area contributed by atoms with Crippen molar-refractivity contribution in [1.82, 2.24) is 5.32 Å². The molecule has 1 N–H and O–H groups in total. The quantitative estimate of drug-likeness (QED) is 0.802. The Morgan fingerprint density at radius 1 is 1.44 bits per heavy atom. The maximum atomic E-state index is 11.3. The number of carbonyl (C=O) groups is 1. The van der Waals surface area contributed by atoms with Crippen molar-refractivity contribution in [3.63, 3.8) is 0 Å². The minimum absolute atomic E-state index is 0.0398. The minimum Gasteiger partial charge on any atom is -0.352 e. The van der Waals surface area contributed by atoms with Gasteiger partial charge in [-0.15, -0.1) is 0 Å². The Labute approximate surface area is 101 Å². The van der Waals surface area contributed by atoms with Crippen molar-refractivity contribution in [2.75, 3.05) is 6.54 Å². The van der Waals surface area contributed by atoms with E-state index in [2.05, 4.69) is 5.32 Å². The number of hydrogen-bond acceptors (Lipinski definition) is 1. The summed E-state index contributed by atoms with van der Waals surface area (Å²) in [6.45, 7) is 4.43. The number of benzene rings is 1. The summed E-state index contributed by atoms with van der Waals surface area (Å²) < 4.78 is 0. The van der Waals surface area contributed by atoms with Gasteiger partial charge >= 0.3 is 0 Å². The first-order chi connectivity index (χ1) is 7.58. The van der Waals surface area contributed by atoms with Crippen LogP contribution in [0.1, 0.15) is 19.4 Å². The Morgan fingerprint density at radius 3 is 2.81 bits per heavy atom. The third kappa shape index (κ3) is 4.99. The Hall–Kier alpha value is -1.28. The van der Waals surface area contributed by atoms with Gasteiger partial charge in [-0.05, 0) is 38.0 Å². The Bertz CT molecular complexity index is 395. The van der Waals surface area contributed by atoms with Gasteiger partial charge in [0.25, 0.3) is 0 Å². The van der Waals surface area contributed by atoms with Crippen molar-refractivity contribution >= 4 is 17.5 Å². The maximum Gasteiger partial charge on any atom is 0.243 e. The van der Waals surface area contributed by atoms with Gasteiger partial charge in [0.2, 0.25) is 5.91 Å². The van der Waals surface area contributed by atoms with Gasteiger partial charge in [-0.1, -0.05) is 29.3 Å². The van der Waals surface area contributed by atoms with E-state index >= 15 is 0 Å². The molecule has 0 bridgehead atoms. The summed E-state index contributed by atoms with van der Waals surface area (Å²) in [5.41, 5.74) is 2.13. The minimum atomic E-state index is -0.0398. The molecule has 0 aliphatic rings. The van der Waals surface area contributed by atoms with Crippen LogP contribution in [0.2, 0.25) is 5.02 Å². The van der Waals surface area contributed by atoms with Crippen molar-refractivity contribution in [3.8, 4) is 0 Å². The average molecular weight is 238 g/mol. The molecule has 0 radical (unpaired) electrons. The van der Waals surface area contributed by atoms with Gasteiger partial charge in [0.1, 0.15) is 0 Å². The van der Waals surface area contributed by atoms with Crippen LogP contribution < -0.4 is 5.32 Å². The number of halogens is 1. The zero-order valence-corrected chi connectivity index (χ0v) is 10.3. The fourth-order valence-electron chi connectivity index (χ4n) is 1.34. The van der Waals surface area contributed by atoms with Gasteiger partial charge < -0.3 is 5.32 Å². The van der Waals surface area contributed by atoms with E-state index in [0.29, 0.717) is 6.54 Å². The first kappa shape index (κ1) is 12.8. The molecular weight excluding hydrogens is 222 g/mol. The molecule has 0 saturated heterocycles. The zero-order valence-electron chi connectivity index (χ0n) is 9.59. The molecule has 86 valence electrons. The smallest absolute Gasteiger partial charge is 0.243 e. The van der Waals surface area contributed by atoms with Crippen molar-refractivity contribution in [1.29, 1.82) is 0 Å². The number of carbonyl (C=O) groups excluding carboxylic acids is 1. The molecule has 0 aromatic heterocycles. The first-order valence-corrected chi connectivity index (χ1v) is 5.63. The highest BCUT2D eigenvalue weighted by atomic mass is 35.5. The molecule has 0 heterocycles. The zero-order chi connectivity index (χ0) is 12.0. The maximum absolute atomic E-state index is 11.3. The number of hydrogen-bond donors (Lipinski definition) is 1. The summed E-state index contributed by atoms with van der Waals surface area (Å²) in [6, 6.07) is 7.66. The summed E-state index contributed by atoms with van der Waals surface area (Å²) >= 11 is 5.86. The van der Waals surface area contributed by atoms with Gasteiger partial charge in [-0.3, -0.25) is 4.79 Å². The van der Waals surface area contributed by atoms with Crippen molar-refractivity contribution in [2.45, 2.75) is 20.3 Å². The molecule has 1 aromatic rings. The van der Waals surface area contributed by atoms with E-state index in [1.165, 1.54) is 0 Å². The second-order valence-corrected chi connectivity index (χ2v) is 4.33. The van der Waals surface area contributed by atoms with Crippen LogP contribution in [0.5, 0.6) is 0 Å². The molecule has 0 unspecified atom stereocenters. The molecule has 3 heteroatoms. The second kappa shape index (κ2) is 6.33. The lowest BCUT2D eigenvalue weighted by Gasteiger charge is -2.03. The van der Waals surface area contributed by atoms with Gasteiger partial charge in [0, 0.05) is 17.6 Å². The summed E-state index contributed by atoms with van der Waals surface area (Å²) in [6.07, 6.45) is 2.39. The van der Waals surface area contributed by atoms with Crippen LogP contribution in [0.4, 0.5) is 0 Å². The predicted octanol–water partition coefficient (Wildman–Crippen LogP) is 2.96. The molecular formula is C13H16ClNO. The first-order valence-electron chi connectivity index (χ1n) is 5.25. The van der Waals surface area contributed by atoms with Gasteiger partial charge in [-0.2, -0.15) is 0 Å². The molecule has 2 nitrogen and oxygen atoms in total. The lowest BCUT2D eigenvalue weighted by Crippen LogP contribution is -2.23. The van der Waals surface area contributed by atoms with Gasteiger partial charge in [-0.25, -0.2) is 0 Å². The Balaban J connectivity index is 2.36. The normalized spacial score (nSPS) is 9.69. The number of rotatable bonds is 4. The van der Waals surface area contributed by atoms with E-state index in [0.717, 1.165) is 22.6 Å². The van der Waals surface area contributed by atoms with E-state index in [9.17, 15) is 4.79 Å². The van der Waals surface area contributed by atoms with E-state index < -0.39 is 0 Å². The van der Waals surface area contributed by atoms with Crippen LogP contribution in [-0.2, 0) is 11.2 Å². The molecule has 0 fully saturated rings. The molecule has 1 rings (SSSR count). The van der Waals surface area contributed by atoms with Crippen LogP contribution in [0.3, 0.4) is 0 Å². The average Bonchev–Trinajstić information content (AvgIpc) is 2.16. The summed E-state index contributed by atoms with van der Waals surface area (Å²) in [5.74, 6) is -0.0398. The van der Waals surface area contributed by atoms with Crippen LogP contribution >= 0.6 is 11.6 Å². The highest BCUT2D eigenvalue weighted by molar-refractivity contribution is 6.30. The Morgan fingerprint density at radius 2 is 2.19 bits per heavy atom. The molecule has 0 saturated carbocycles. The van der Waals surface area contributed by atoms with E-state index in [4.69, 9.17) is 11.6 Å². The van der Waals surface area contributed by atoms with E-state index in [1.807, 2.05) is 38.1 Å². The van der Waals surface area contributed by atoms with Crippen molar-refractivity contribution in [2.24, 2.45) is 0 Å². The summed E-state index contributed by atoms with van der Waals surface area (Å²) in [4.78, 5) is 11.3. The van der Waals surface area contributed by atoms with Gasteiger partial charge in [0.05, 0.1) is 0 Å². The molecule has 0 atom stereocenters. The molecule has 0 aliphatic carbocycles. The standard InChI is InChI=1S/C13H16ClNO/c1-10(2)8-13(16)15-7-6-11-4-3-5-12(14)9-11/h3-5,8-9H,6-7H2,1-2H3,(H,15,16). The molecule has 1 aromatic carbocycles. The van der Waals surface area contributed by atoms with Gasteiger partial charge in [0.15, 0.2) is 0 Å². The van der Waals surface area contributed by atoms with Crippen LogP contribution in [0, 0.1) is 0 Å². The summed E-state index contributed by atoms with van der Waals surface area (Å²) in [7, 11) is 0. The second-order valence-electron chi connectivity index (χ2n) is 3.89. The molecule has 0 spiro atoms. The van der Waals surface area contributed by atoms with E-state index in [1.54, 1.807) is 6.08 Å². The third-order valence-corrected chi connectivity index (χ3v) is 2.26. The van der Waals surface area contributed by atoms with Crippen LogP contribution in [-0.4, -0.2) is 12.5 Å². The number of allylic oxidation sites excluding steroid dienone is 1. The monoisotopic (exact) mass is 237 g/mol. The SMILES string of the molecule is CC(C)=CC(=O)NCCc1cccc(Cl)c1. The lowest BCUT2D eigenvalue weighted by molar-refractivity contribution is -0.116.